The number of nitrogens with two attached hydrogens (primary N) is 1. The second-order valence-corrected chi connectivity index (χ2v) is 4.87. The molecule has 0 aromatic carbocycles. The van der Waals surface area contributed by atoms with Gasteiger partial charge in [0.1, 0.15) is 6.61 Å². The van der Waals surface area contributed by atoms with E-state index in [1.165, 1.54) is 0 Å². The third-order valence-electron chi connectivity index (χ3n) is 1.50. The molecule has 0 spiro atoms. The van der Waals surface area contributed by atoms with Crippen LogP contribution in [0.5, 0.6) is 0 Å². The molecule has 13 heavy (non-hydrogen) atoms. The summed E-state index contributed by atoms with van der Waals surface area (Å²) in [6, 6.07) is 0. The Morgan fingerprint density at radius 1 is 1.62 bits per heavy atom. The van der Waals surface area contributed by atoms with E-state index in [0.717, 1.165) is 6.20 Å². The Kier molecular flexibility index (Phi) is 2.72. The molecule has 0 amide bonds. The van der Waals surface area contributed by atoms with Gasteiger partial charge in [-0.15, -0.1) is 0 Å². The summed E-state index contributed by atoms with van der Waals surface area (Å²) >= 11 is 0. The van der Waals surface area contributed by atoms with E-state index in [1.54, 1.807) is 0 Å². The van der Waals surface area contributed by atoms with Crippen molar-refractivity contribution in [3.05, 3.63) is 11.2 Å². The molecule has 1 aliphatic heterocycles. The summed E-state index contributed by atoms with van der Waals surface area (Å²) in [5, 5.41) is -0.228. The van der Waals surface area contributed by atoms with Gasteiger partial charge in [0, 0.05) is 0 Å². The van der Waals surface area contributed by atoms with Crippen molar-refractivity contribution in [2.24, 2.45) is 10.7 Å². The Bertz CT molecular complexity index is 354. The maximum atomic E-state index is 11.3. The fourth-order valence-corrected chi connectivity index (χ4v) is 1.64. The van der Waals surface area contributed by atoms with E-state index in [-0.39, 0.29) is 22.8 Å². The highest BCUT2D eigenvalue weighted by Crippen LogP contribution is 2.12. The van der Waals surface area contributed by atoms with Gasteiger partial charge in [-0.2, -0.15) is 0 Å². The molecule has 0 fully saturated rings. The van der Waals surface area contributed by atoms with Crippen LogP contribution in [0.1, 0.15) is 13.8 Å². The van der Waals surface area contributed by atoms with Gasteiger partial charge < -0.3 is 10.5 Å². The Morgan fingerprint density at radius 2 is 2.23 bits per heavy atom. The molecule has 0 aromatic rings. The average Bonchev–Trinajstić information content (AvgIpc) is 2.25. The van der Waals surface area contributed by atoms with Crippen LogP contribution in [0.2, 0.25) is 0 Å². The Balaban J connectivity index is 2.67. The standard InChI is InChI=1S/C7H12N2O3S/c1-5(2)12-4-7-9-3-6(8)13(7,10)11/h3,5H,4,8H2,1-2H3. The molecule has 0 atom stereocenters. The number of ether oxygens (including phenoxy) is 1. The summed E-state index contributed by atoms with van der Waals surface area (Å²) in [6.07, 6.45) is 1.11. The zero-order chi connectivity index (χ0) is 10.1. The Labute approximate surface area is 77.2 Å². The molecule has 0 saturated carbocycles. The van der Waals surface area contributed by atoms with E-state index in [4.69, 9.17) is 10.5 Å². The largest absolute Gasteiger partial charge is 0.388 e. The van der Waals surface area contributed by atoms with Crippen molar-refractivity contribution < 1.29 is 13.2 Å². The first-order chi connectivity index (χ1) is 5.94. The molecule has 0 radical (unpaired) electrons. The number of hydrogen-bond donors (Lipinski definition) is 1. The lowest BCUT2D eigenvalue weighted by Crippen LogP contribution is -2.23. The second kappa shape index (κ2) is 3.47. The van der Waals surface area contributed by atoms with Crippen LogP contribution in [0.15, 0.2) is 16.2 Å². The van der Waals surface area contributed by atoms with Crippen molar-refractivity contribution in [1.29, 1.82) is 0 Å². The third kappa shape index (κ3) is 2.07. The van der Waals surface area contributed by atoms with Crippen LogP contribution in [0.3, 0.4) is 0 Å². The molecule has 0 unspecified atom stereocenters. The van der Waals surface area contributed by atoms with Crippen LogP contribution in [0, 0.1) is 0 Å². The minimum Gasteiger partial charge on any atom is -0.388 e. The van der Waals surface area contributed by atoms with Gasteiger partial charge in [-0.1, -0.05) is 0 Å². The molecule has 6 heteroatoms. The summed E-state index contributed by atoms with van der Waals surface area (Å²) in [4.78, 5) is 3.66. The summed E-state index contributed by atoms with van der Waals surface area (Å²) in [6.45, 7) is 3.62. The van der Waals surface area contributed by atoms with Gasteiger partial charge in [0.05, 0.1) is 12.3 Å². The summed E-state index contributed by atoms with van der Waals surface area (Å²) in [5.74, 6) is 0. The van der Waals surface area contributed by atoms with Crippen molar-refractivity contribution in [1.82, 2.24) is 0 Å². The van der Waals surface area contributed by atoms with Crippen molar-refractivity contribution in [3.8, 4) is 0 Å². The van der Waals surface area contributed by atoms with Gasteiger partial charge in [-0.3, -0.25) is 0 Å². The SMILES string of the molecule is CC(C)OCC1=NC=C(N)S1(=O)=O. The lowest BCUT2D eigenvalue weighted by molar-refractivity contribution is 0.112. The first kappa shape index (κ1) is 10.2. The normalized spacial score (nSPS) is 20.2. The maximum absolute atomic E-state index is 11.3. The fourth-order valence-electron chi connectivity index (χ4n) is 0.763. The number of hydrogen-bond acceptors (Lipinski definition) is 5. The molecule has 2 N–H and O–H groups in total. The lowest BCUT2D eigenvalue weighted by atomic mass is 10.5. The first-order valence-electron chi connectivity index (χ1n) is 3.83. The van der Waals surface area contributed by atoms with E-state index in [9.17, 15) is 8.42 Å². The molecule has 5 nitrogen and oxygen atoms in total. The predicted molar refractivity (Wildman–Crippen MR) is 49.7 cm³/mol. The smallest absolute Gasteiger partial charge is 0.238 e. The minimum atomic E-state index is -3.50. The maximum Gasteiger partial charge on any atom is 0.238 e. The van der Waals surface area contributed by atoms with Crippen LogP contribution in [-0.4, -0.2) is 26.2 Å². The van der Waals surface area contributed by atoms with Gasteiger partial charge in [-0.05, 0) is 13.8 Å². The van der Waals surface area contributed by atoms with Crippen LogP contribution in [-0.2, 0) is 14.6 Å². The number of rotatable bonds is 3. The van der Waals surface area contributed by atoms with Gasteiger partial charge in [0.2, 0.25) is 9.84 Å². The molecule has 0 saturated heterocycles. The summed E-state index contributed by atoms with van der Waals surface area (Å²) in [7, 11) is -3.50. The van der Waals surface area contributed by atoms with Crippen molar-refractivity contribution in [2.45, 2.75) is 20.0 Å². The zero-order valence-corrected chi connectivity index (χ0v) is 8.34. The van der Waals surface area contributed by atoms with Gasteiger partial charge in [0.25, 0.3) is 0 Å². The Hall–Kier alpha value is -0.880. The number of nitrogens with zero attached hydrogens (tertiary/aromatic N) is 1. The molecule has 1 rings (SSSR count). The fraction of sp³-hybridized carbons (Fsp3) is 0.571. The predicted octanol–water partition coefficient (Wildman–Crippen LogP) is -0.00410. The highest BCUT2D eigenvalue weighted by molar-refractivity contribution is 8.10. The zero-order valence-electron chi connectivity index (χ0n) is 7.52. The van der Waals surface area contributed by atoms with E-state index >= 15 is 0 Å². The molecule has 0 aromatic heterocycles. The van der Waals surface area contributed by atoms with Crippen molar-refractivity contribution in [3.63, 3.8) is 0 Å². The molecular weight excluding hydrogens is 192 g/mol. The lowest BCUT2D eigenvalue weighted by Gasteiger charge is -2.06. The van der Waals surface area contributed by atoms with Crippen LogP contribution in [0.25, 0.3) is 0 Å². The summed E-state index contributed by atoms with van der Waals surface area (Å²) < 4.78 is 27.7. The van der Waals surface area contributed by atoms with Crippen molar-refractivity contribution in [2.75, 3.05) is 6.61 Å². The van der Waals surface area contributed by atoms with Gasteiger partial charge in [-0.25, -0.2) is 13.4 Å². The molecule has 0 aliphatic carbocycles. The molecule has 1 heterocycles. The topological polar surface area (TPSA) is 81.8 Å². The quantitative estimate of drug-likeness (QED) is 0.701. The molecule has 1 aliphatic rings. The van der Waals surface area contributed by atoms with E-state index in [0.29, 0.717) is 0 Å². The molecule has 74 valence electrons. The van der Waals surface area contributed by atoms with Crippen LogP contribution in [0.4, 0.5) is 0 Å². The van der Waals surface area contributed by atoms with Gasteiger partial charge in [0.15, 0.2) is 10.1 Å². The molecular formula is C7H12N2O3S. The van der Waals surface area contributed by atoms with Crippen LogP contribution >= 0.6 is 0 Å². The Morgan fingerprint density at radius 3 is 2.62 bits per heavy atom. The highest BCUT2D eigenvalue weighted by Gasteiger charge is 2.27. The summed E-state index contributed by atoms with van der Waals surface area (Å²) in [5.41, 5.74) is 5.21. The first-order valence-corrected chi connectivity index (χ1v) is 5.32. The second-order valence-electron chi connectivity index (χ2n) is 2.92. The third-order valence-corrected chi connectivity index (χ3v) is 3.07. The van der Waals surface area contributed by atoms with E-state index in [2.05, 4.69) is 4.99 Å². The minimum absolute atomic E-state index is 0.0151. The molecule has 0 bridgehead atoms. The van der Waals surface area contributed by atoms with Crippen LogP contribution < -0.4 is 5.73 Å². The highest BCUT2D eigenvalue weighted by atomic mass is 32.2. The van der Waals surface area contributed by atoms with Crippen molar-refractivity contribution >= 4 is 14.9 Å². The average molecular weight is 204 g/mol. The van der Waals surface area contributed by atoms with E-state index in [1.807, 2.05) is 13.8 Å². The van der Waals surface area contributed by atoms with E-state index < -0.39 is 9.84 Å². The monoisotopic (exact) mass is 204 g/mol. The number of sulfone groups is 1. The number of aliphatic imine (C=N–C) groups is 1. The van der Waals surface area contributed by atoms with Gasteiger partial charge >= 0.3 is 0 Å².